The van der Waals surface area contributed by atoms with E-state index in [0.29, 0.717) is 0 Å². The summed E-state index contributed by atoms with van der Waals surface area (Å²) in [6.07, 6.45) is 6.42. The van der Waals surface area contributed by atoms with E-state index in [-0.39, 0.29) is 35.6 Å². The minimum absolute atomic E-state index is 0. The first-order valence-electron chi connectivity index (χ1n) is 9.79. The molecule has 1 heterocycles. The second-order valence-electron chi connectivity index (χ2n) is 7.90. The number of nitrogens with zero attached hydrogens (tertiary/aromatic N) is 1. The summed E-state index contributed by atoms with van der Waals surface area (Å²) < 4.78 is 0. The molecular weight excluding hydrogens is 554 g/mol. The topological polar surface area (TPSA) is 12.9 Å². The van der Waals surface area contributed by atoms with Gasteiger partial charge in [-0.05, 0) is 38.4 Å². The molecule has 0 amide bonds. The third-order valence-corrected chi connectivity index (χ3v) is 7.14. The van der Waals surface area contributed by atoms with Crippen LogP contribution in [0, 0.1) is 19.9 Å². The van der Waals surface area contributed by atoms with Crippen LogP contribution in [-0.2, 0) is 19.8 Å². The fraction of sp³-hybridized carbons (Fsp3) is 0.375. The second-order valence-corrected chi connectivity index (χ2v) is 13.7. The average Bonchev–Trinajstić information content (AvgIpc) is 2.60. The standard InChI is InChI=1S/C17H14N.C7H18P2.Os/c1-12-9-13(2)11-15(10-12)17-16-6-4-3-5-14(16)7-8-18-17;1-8(2)6-5-7-9(3)4;/h3-10H,1-2H3;5-7H2,1-4H3;/q-1;;+1/p+2. The van der Waals surface area contributed by atoms with Gasteiger partial charge in [-0.15, -0.1) is 34.9 Å². The van der Waals surface area contributed by atoms with Crippen molar-refractivity contribution in [2.45, 2.75) is 20.3 Å². The molecule has 0 unspecified atom stereocenters. The van der Waals surface area contributed by atoms with E-state index in [4.69, 9.17) is 0 Å². The van der Waals surface area contributed by atoms with Crippen LogP contribution in [0.2, 0.25) is 0 Å². The van der Waals surface area contributed by atoms with Crippen molar-refractivity contribution in [1.29, 1.82) is 0 Å². The van der Waals surface area contributed by atoms with Crippen LogP contribution >= 0.6 is 15.8 Å². The Morgan fingerprint density at radius 2 is 1.54 bits per heavy atom. The molecule has 0 atom stereocenters. The SMILES string of the molecule is C[PH+](C)CCC[PH+](C)C.Cc1[c-]c(-c2nccc3ccccc23)cc(C)c1.[Os+]. The van der Waals surface area contributed by atoms with Crippen LogP contribution < -0.4 is 0 Å². The Labute approximate surface area is 187 Å². The van der Waals surface area contributed by atoms with Gasteiger partial charge >= 0.3 is 19.8 Å². The molecular formula is C24H34NOsP2+2. The monoisotopic (exact) mass is 590 g/mol. The molecule has 0 aliphatic carbocycles. The molecule has 2 aromatic carbocycles. The second kappa shape index (κ2) is 12.8. The van der Waals surface area contributed by atoms with Gasteiger partial charge in [0.15, 0.2) is 0 Å². The van der Waals surface area contributed by atoms with Crippen LogP contribution in [0.3, 0.4) is 0 Å². The third-order valence-electron chi connectivity index (χ3n) is 4.43. The van der Waals surface area contributed by atoms with E-state index in [0.717, 1.165) is 16.8 Å². The molecule has 4 heteroatoms. The van der Waals surface area contributed by atoms with Gasteiger partial charge in [0.05, 0.1) is 12.3 Å². The van der Waals surface area contributed by atoms with Crippen LogP contribution in [0.1, 0.15) is 17.5 Å². The summed E-state index contributed by atoms with van der Waals surface area (Å²) in [5.74, 6) is 0. The molecule has 0 saturated heterocycles. The molecule has 0 saturated carbocycles. The Kier molecular flexibility index (Phi) is 11.6. The van der Waals surface area contributed by atoms with E-state index in [2.05, 4.69) is 88.0 Å². The van der Waals surface area contributed by atoms with Crippen molar-refractivity contribution < 1.29 is 19.8 Å². The average molecular weight is 589 g/mol. The Morgan fingerprint density at radius 1 is 0.893 bits per heavy atom. The van der Waals surface area contributed by atoms with Crippen LogP contribution in [0.15, 0.2) is 48.7 Å². The minimum atomic E-state index is 0. The van der Waals surface area contributed by atoms with E-state index >= 15 is 0 Å². The van der Waals surface area contributed by atoms with E-state index in [1.807, 2.05) is 12.3 Å². The number of hydrogen-bond acceptors (Lipinski definition) is 1. The zero-order valence-corrected chi connectivity index (χ0v) is 22.6. The summed E-state index contributed by atoms with van der Waals surface area (Å²) in [4.78, 5) is 4.53. The summed E-state index contributed by atoms with van der Waals surface area (Å²) in [6, 6.07) is 18.0. The van der Waals surface area contributed by atoms with Crippen molar-refractivity contribution >= 4 is 26.6 Å². The molecule has 0 aliphatic heterocycles. The molecule has 3 rings (SSSR count). The maximum absolute atomic E-state index is 4.53. The quantitative estimate of drug-likeness (QED) is 0.241. The van der Waals surface area contributed by atoms with Gasteiger partial charge in [0.2, 0.25) is 0 Å². The van der Waals surface area contributed by atoms with Crippen molar-refractivity contribution in [3.05, 3.63) is 65.9 Å². The van der Waals surface area contributed by atoms with E-state index in [1.165, 1.54) is 35.1 Å². The first kappa shape index (κ1) is 25.4. The van der Waals surface area contributed by atoms with E-state index in [9.17, 15) is 0 Å². The molecule has 151 valence electrons. The van der Waals surface area contributed by atoms with Crippen molar-refractivity contribution in [2.75, 3.05) is 39.0 Å². The normalized spacial score (nSPS) is 10.6. The van der Waals surface area contributed by atoms with Gasteiger partial charge in [-0.25, -0.2) is 0 Å². The number of aryl methyl sites for hydroxylation is 2. The fourth-order valence-electron chi connectivity index (χ4n) is 3.15. The predicted octanol–water partition coefficient (Wildman–Crippen LogP) is 6.64. The van der Waals surface area contributed by atoms with Crippen LogP contribution in [0.4, 0.5) is 0 Å². The maximum Gasteiger partial charge on any atom is 1.00 e. The minimum Gasteiger partial charge on any atom is -0.304 e. The summed E-state index contributed by atoms with van der Waals surface area (Å²) in [5.41, 5.74) is 4.49. The number of hydrogen-bond donors (Lipinski definition) is 0. The molecule has 3 aromatic rings. The number of pyridine rings is 1. The third kappa shape index (κ3) is 8.38. The summed E-state index contributed by atoms with van der Waals surface area (Å²) in [5, 5.41) is 2.40. The molecule has 28 heavy (non-hydrogen) atoms. The first-order chi connectivity index (χ1) is 12.9. The predicted molar refractivity (Wildman–Crippen MR) is 130 cm³/mol. The molecule has 0 spiro atoms. The Hall–Kier alpha value is -0.654. The zero-order chi connectivity index (χ0) is 19.8. The molecule has 1 nitrogen and oxygen atoms in total. The van der Waals surface area contributed by atoms with Gasteiger partial charge < -0.3 is 4.98 Å². The maximum atomic E-state index is 4.53. The van der Waals surface area contributed by atoms with Crippen molar-refractivity contribution in [3.63, 3.8) is 0 Å². The zero-order valence-electron chi connectivity index (χ0n) is 18.0. The van der Waals surface area contributed by atoms with Gasteiger partial charge in [-0.2, -0.15) is 0 Å². The molecule has 0 fully saturated rings. The molecule has 0 N–H and O–H groups in total. The molecule has 1 radical (unpaired) electrons. The Bertz CT molecular complexity index is 829. The van der Waals surface area contributed by atoms with Crippen LogP contribution in [0.25, 0.3) is 22.0 Å². The van der Waals surface area contributed by atoms with Gasteiger partial charge in [0.25, 0.3) is 0 Å². The van der Waals surface area contributed by atoms with Crippen LogP contribution in [0.5, 0.6) is 0 Å². The molecule has 0 aliphatic rings. The first-order valence-corrected chi connectivity index (χ1v) is 15.2. The summed E-state index contributed by atoms with van der Waals surface area (Å²) in [6.45, 7) is 13.8. The number of rotatable bonds is 5. The number of benzene rings is 2. The smallest absolute Gasteiger partial charge is 0.304 e. The molecule has 1 aromatic heterocycles. The summed E-state index contributed by atoms with van der Waals surface area (Å²) >= 11 is 0. The summed E-state index contributed by atoms with van der Waals surface area (Å²) in [7, 11) is 0.172. The van der Waals surface area contributed by atoms with E-state index in [1.54, 1.807) is 0 Å². The van der Waals surface area contributed by atoms with Gasteiger partial charge in [0, 0.05) is 39.3 Å². The number of aromatic nitrogens is 1. The fourth-order valence-corrected chi connectivity index (χ4v) is 5.27. The van der Waals surface area contributed by atoms with Crippen molar-refractivity contribution in [1.82, 2.24) is 4.98 Å². The van der Waals surface area contributed by atoms with Gasteiger partial charge in [-0.3, -0.25) is 0 Å². The van der Waals surface area contributed by atoms with Gasteiger partial charge in [0.1, 0.15) is 0 Å². The largest absolute Gasteiger partial charge is 1.00 e. The van der Waals surface area contributed by atoms with E-state index < -0.39 is 0 Å². The molecule has 0 bridgehead atoms. The van der Waals surface area contributed by atoms with Gasteiger partial charge in [-0.1, -0.05) is 38.1 Å². The van der Waals surface area contributed by atoms with Crippen molar-refractivity contribution in [3.8, 4) is 11.3 Å². The van der Waals surface area contributed by atoms with Crippen LogP contribution in [-0.4, -0.2) is 44.0 Å². The Morgan fingerprint density at radius 3 is 2.14 bits per heavy atom. The number of fused-ring (bicyclic) bond motifs is 1. The van der Waals surface area contributed by atoms with Crippen molar-refractivity contribution in [2.24, 2.45) is 0 Å². The Balaban J connectivity index is 0.000000339.